The fourth-order valence-electron chi connectivity index (χ4n) is 4.51. The molecule has 0 radical (unpaired) electrons. The van der Waals surface area contributed by atoms with E-state index in [9.17, 15) is 26.7 Å². The third-order valence-electron chi connectivity index (χ3n) is 7.08. The summed E-state index contributed by atoms with van der Waals surface area (Å²) >= 11 is 0. The highest BCUT2D eigenvalue weighted by molar-refractivity contribution is 7.92. The number of carbonyl (C=O) groups excluding carboxylic acids is 1. The van der Waals surface area contributed by atoms with Gasteiger partial charge in [0.15, 0.2) is 5.03 Å². The van der Waals surface area contributed by atoms with E-state index in [0.717, 1.165) is 4.31 Å². The lowest BCUT2D eigenvalue weighted by molar-refractivity contribution is 0.0387. The quantitative estimate of drug-likeness (QED) is 0.344. The van der Waals surface area contributed by atoms with Crippen molar-refractivity contribution < 1.29 is 36.2 Å². The summed E-state index contributed by atoms with van der Waals surface area (Å²) in [6.07, 6.45) is 2.10. The van der Waals surface area contributed by atoms with E-state index in [2.05, 4.69) is 9.71 Å². The number of hydrogen-bond acceptors (Lipinski definition) is 9. The number of rotatable bonds is 10. The number of likely N-dealkylation sites (N-methyl/N-ethyl adjacent to an activating group) is 1. The number of nitrogens with one attached hydrogen (secondary N) is 1. The highest BCUT2D eigenvalue weighted by Gasteiger charge is 2.36. The number of aliphatic hydroxyl groups is 1. The molecule has 0 saturated carbocycles. The lowest BCUT2D eigenvalue weighted by Crippen LogP contribution is -2.50. The van der Waals surface area contributed by atoms with E-state index in [1.54, 1.807) is 14.0 Å². The first-order chi connectivity index (χ1) is 19.8. The van der Waals surface area contributed by atoms with Crippen molar-refractivity contribution in [2.45, 2.75) is 35.9 Å². The molecule has 2 aromatic carbocycles. The van der Waals surface area contributed by atoms with Crippen LogP contribution in [0, 0.1) is 5.92 Å². The summed E-state index contributed by atoms with van der Waals surface area (Å²) in [6, 6.07) is 9.58. The molecule has 42 heavy (non-hydrogen) atoms. The minimum Gasteiger partial charge on any atom is -0.497 e. The average molecular weight is 622 g/mol. The van der Waals surface area contributed by atoms with Gasteiger partial charge < -0.3 is 24.0 Å². The van der Waals surface area contributed by atoms with Crippen molar-refractivity contribution in [3.63, 3.8) is 0 Å². The average Bonchev–Trinajstić information content (AvgIpc) is 3.41. The summed E-state index contributed by atoms with van der Waals surface area (Å²) in [5, 5.41) is 9.79. The van der Waals surface area contributed by atoms with Gasteiger partial charge in [-0.3, -0.25) is 9.52 Å². The van der Waals surface area contributed by atoms with Gasteiger partial charge in [0.1, 0.15) is 17.6 Å². The third kappa shape index (κ3) is 6.53. The molecule has 3 atom stereocenters. The number of carbonyl (C=O) groups is 1. The minimum absolute atomic E-state index is 0.000750. The number of amides is 1. The zero-order valence-corrected chi connectivity index (χ0v) is 25.6. The molecule has 1 amide bonds. The Morgan fingerprint density at radius 2 is 1.88 bits per heavy atom. The maximum absolute atomic E-state index is 13.7. The van der Waals surface area contributed by atoms with Crippen LogP contribution in [-0.4, -0.2) is 92.6 Å². The Balaban J connectivity index is 1.67. The lowest BCUT2D eigenvalue weighted by Gasteiger charge is -2.38. The molecule has 0 saturated heterocycles. The standard InChI is InChI=1S/C27H35N5O8S2/c1-18-13-32(19(2)16-33)27(34)23-12-20(29-41(35,36)22-9-7-21(39-5)8-10-22)6-11-24(23)40-25(18)14-31(4)42(37,38)26-15-30(3)17-28-26/h6-12,15,17-19,25,29,33H,13-14,16H2,1-5H3/t18-,19-,25-/m1/s1. The summed E-state index contributed by atoms with van der Waals surface area (Å²) in [7, 11) is -3.36. The molecule has 0 spiro atoms. The zero-order valence-electron chi connectivity index (χ0n) is 24.0. The number of benzene rings is 2. The van der Waals surface area contributed by atoms with E-state index in [0.29, 0.717) is 5.75 Å². The summed E-state index contributed by atoms with van der Waals surface area (Å²) in [6.45, 7) is 3.32. The molecule has 1 aromatic heterocycles. The number of methoxy groups -OCH3 is 1. The van der Waals surface area contributed by atoms with Crippen LogP contribution >= 0.6 is 0 Å². The molecule has 4 rings (SSSR count). The van der Waals surface area contributed by atoms with E-state index in [1.807, 2.05) is 6.92 Å². The maximum atomic E-state index is 13.7. The Morgan fingerprint density at radius 1 is 1.19 bits per heavy atom. The molecule has 13 nitrogen and oxygen atoms in total. The Kier molecular flexibility index (Phi) is 9.15. The molecule has 0 bridgehead atoms. The molecule has 3 aromatic rings. The fourth-order valence-corrected chi connectivity index (χ4v) is 6.70. The van der Waals surface area contributed by atoms with Crippen molar-refractivity contribution in [3.05, 3.63) is 60.6 Å². The number of sulfonamides is 2. The lowest BCUT2D eigenvalue weighted by atomic mass is 9.99. The molecule has 1 aliphatic heterocycles. The number of fused-ring (bicyclic) bond motifs is 1. The summed E-state index contributed by atoms with van der Waals surface area (Å²) in [5.41, 5.74) is 0.190. The molecular formula is C27H35N5O8S2. The molecule has 1 aliphatic rings. The van der Waals surface area contributed by atoms with Crippen molar-refractivity contribution >= 4 is 31.6 Å². The van der Waals surface area contributed by atoms with Crippen molar-refractivity contribution in [3.8, 4) is 11.5 Å². The van der Waals surface area contributed by atoms with Crippen molar-refractivity contribution in [1.82, 2.24) is 18.8 Å². The van der Waals surface area contributed by atoms with E-state index in [-0.39, 0.29) is 52.5 Å². The first-order valence-corrected chi connectivity index (χ1v) is 16.0. The van der Waals surface area contributed by atoms with Gasteiger partial charge in [-0.1, -0.05) is 6.92 Å². The molecule has 0 fully saturated rings. The number of aliphatic hydroxyl groups excluding tert-OH is 1. The van der Waals surface area contributed by atoms with Crippen molar-refractivity contribution in [1.29, 1.82) is 0 Å². The molecule has 2 N–H and O–H groups in total. The first kappa shape index (κ1) is 31.3. The molecule has 0 aliphatic carbocycles. The smallest absolute Gasteiger partial charge is 0.261 e. The number of imidazole rings is 1. The highest BCUT2D eigenvalue weighted by atomic mass is 32.2. The fraction of sp³-hybridized carbons (Fsp3) is 0.407. The highest BCUT2D eigenvalue weighted by Crippen LogP contribution is 2.32. The molecular weight excluding hydrogens is 586 g/mol. The Morgan fingerprint density at radius 3 is 2.48 bits per heavy atom. The SMILES string of the molecule is COc1ccc(S(=O)(=O)Nc2ccc3c(c2)C(=O)N([C@H](C)CO)C[C@@H](C)[C@@H](CN(C)S(=O)(=O)c2cn(C)cn2)O3)cc1. The number of anilines is 1. The van der Waals surface area contributed by atoms with Gasteiger partial charge in [0.25, 0.3) is 26.0 Å². The van der Waals surface area contributed by atoms with Gasteiger partial charge in [0, 0.05) is 38.4 Å². The van der Waals surface area contributed by atoms with E-state index >= 15 is 0 Å². The Bertz CT molecular complexity index is 1640. The third-order valence-corrected chi connectivity index (χ3v) is 10.2. The predicted molar refractivity (Wildman–Crippen MR) is 154 cm³/mol. The predicted octanol–water partition coefficient (Wildman–Crippen LogP) is 1.77. The van der Waals surface area contributed by atoms with Crippen molar-refractivity contribution in [2.75, 3.05) is 38.6 Å². The van der Waals surface area contributed by atoms with Crippen LogP contribution in [0.3, 0.4) is 0 Å². The van der Waals surface area contributed by atoms with Gasteiger partial charge >= 0.3 is 0 Å². The Labute approximate surface area is 245 Å². The molecule has 0 unspecified atom stereocenters. The van der Waals surface area contributed by atoms with Gasteiger partial charge in [-0.15, -0.1) is 0 Å². The van der Waals surface area contributed by atoms with Crippen LogP contribution in [0.15, 0.2) is 64.9 Å². The zero-order chi connectivity index (χ0) is 30.8. The second kappa shape index (κ2) is 12.3. The minimum atomic E-state index is -4.00. The van der Waals surface area contributed by atoms with Crippen LogP contribution < -0.4 is 14.2 Å². The normalized spacial score (nSPS) is 18.5. The second-order valence-electron chi connectivity index (χ2n) is 10.3. The van der Waals surface area contributed by atoms with Gasteiger partial charge in [-0.25, -0.2) is 21.8 Å². The van der Waals surface area contributed by atoms with Crippen LogP contribution in [-0.2, 0) is 27.1 Å². The van der Waals surface area contributed by atoms with Crippen LogP contribution in [0.1, 0.15) is 24.2 Å². The maximum Gasteiger partial charge on any atom is 0.261 e. The number of aromatic nitrogens is 2. The van der Waals surface area contributed by atoms with Gasteiger partial charge in [0.05, 0.1) is 43.1 Å². The summed E-state index contributed by atoms with van der Waals surface area (Å²) in [5.74, 6) is -0.150. The summed E-state index contributed by atoms with van der Waals surface area (Å²) < 4.78 is 68.9. The number of hydrogen-bond donors (Lipinski definition) is 2. The van der Waals surface area contributed by atoms with Gasteiger partial charge in [-0.2, -0.15) is 4.31 Å². The van der Waals surface area contributed by atoms with Crippen LogP contribution in [0.25, 0.3) is 0 Å². The monoisotopic (exact) mass is 621 g/mol. The molecule has 2 heterocycles. The van der Waals surface area contributed by atoms with Crippen LogP contribution in [0.5, 0.6) is 11.5 Å². The molecule has 228 valence electrons. The first-order valence-electron chi connectivity index (χ1n) is 13.1. The van der Waals surface area contributed by atoms with Gasteiger partial charge in [0.2, 0.25) is 0 Å². The Hall–Kier alpha value is -3.66. The van der Waals surface area contributed by atoms with E-state index < -0.39 is 38.1 Å². The summed E-state index contributed by atoms with van der Waals surface area (Å²) in [4.78, 5) is 19.1. The number of aryl methyl sites for hydroxylation is 1. The number of nitrogens with zero attached hydrogens (tertiary/aromatic N) is 4. The van der Waals surface area contributed by atoms with Crippen LogP contribution in [0.4, 0.5) is 5.69 Å². The van der Waals surface area contributed by atoms with Crippen molar-refractivity contribution in [2.24, 2.45) is 13.0 Å². The largest absolute Gasteiger partial charge is 0.497 e. The van der Waals surface area contributed by atoms with Gasteiger partial charge in [-0.05, 0) is 49.4 Å². The van der Waals surface area contributed by atoms with E-state index in [4.69, 9.17) is 9.47 Å². The number of ether oxygens (including phenoxy) is 2. The van der Waals surface area contributed by atoms with Crippen LogP contribution in [0.2, 0.25) is 0 Å². The van der Waals surface area contributed by atoms with E-state index in [1.165, 1.54) is 78.6 Å². The second-order valence-corrected chi connectivity index (χ2v) is 14.0. The molecule has 15 heteroatoms. The topological polar surface area (TPSA) is 160 Å².